The van der Waals surface area contributed by atoms with E-state index in [0.29, 0.717) is 25.8 Å². The first-order valence-corrected chi connectivity index (χ1v) is 8.82. The molecule has 0 aromatic heterocycles. The van der Waals surface area contributed by atoms with Crippen molar-refractivity contribution in [1.82, 2.24) is 4.90 Å². The summed E-state index contributed by atoms with van der Waals surface area (Å²) in [7, 11) is 0. The van der Waals surface area contributed by atoms with E-state index >= 15 is 0 Å². The summed E-state index contributed by atoms with van der Waals surface area (Å²) >= 11 is 15.8. The Labute approximate surface area is 155 Å². The molecule has 2 rings (SSSR count). The lowest BCUT2D eigenvalue weighted by atomic mass is 10.2. The molecule has 1 heterocycles. The summed E-state index contributed by atoms with van der Waals surface area (Å²) in [5.41, 5.74) is 0.682. The van der Waals surface area contributed by atoms with E-state index in [0.717, 1.165) is 0 Å². The SMILES string of the molecule is CCN1C(=O)/C(=C/c2cc(Cl)c(OCC(=O)O)c(Br)c2)SC1=S. The molecular formula is C14H11BrClNO4S2. The molecule has 1 aliphatic heterocycles. The Balaban J connectivity index is 2.28. The number of benzene rings is 1. The molecule has 0 unspecified atom stereocenters. The molecule has 23 heavy (non-hydrogen) atoms. The van der Waals surface area contributed by atoms with Gasteiger partial charge in [-0.1, -0.05) is 35.6 Å². The third-order valence-corrected chi connectivity index (χ3v) is 5.10. The summed E-state index contributed by atoms with van der Waals surface area (Å²) in [6.07, 6.45) is 1.69. The van der Waals surface area contributed by atoms with E-state index in [4.69, 9.17) is 33.7 Å². The zero-order valence-electron chi connectivity index (χ0n) is 11.8. The number of halogens is 2. The second kappa shape index (κ2) is 7.65. The highest BCUT2D eigenvalue weighted by molar-refractivity contribution is 9.10. The van der Waals surface area contributed by atoms with E-state index in [1.165, 1.54) is 16.7 Å². The number of nitrogens with zero attached hydrogens (tertiary/aromatic N) is 1. The van der Waals surface area contributed by atoms with Crippen LogP contribution in [0, 0.1) is 0 Å². The summed E-state index contributed by atoms with van der Waals surface area (Å²) in [6, 6.07) is 3.30. The second-order valence-corrected chi connectivity index (χ2v) is 7.36. The molecular weight excluding hydrogens is 426 g/mol. The molecule has 1 aromatic rings. The third kappa shape index (κ3) is 4.26. The van der Waals surface area contributed by atoms with E-state index < -0.39 is 12.6 Å². The maximum Gasteiger partial charge on any atom is 0.341 e. The zero-order chi connectivity index (χ0) is 17.1. The van der Waals surface area contributed by atoms with Gasteiger partial charge in [0, 0.05) is 6.54 Å². The van der Waals surface area contributed by atoms with Crippen molar-refractivity contribution in [2.45, 2.75) is 6.92 Å². The van der Waals surface area contributed by atoms with Gasteiger partial charge in [0.1, 0.15) is 4.32 Å². The van der Waals surface area contributed by atoms with Gasteiger partial charge in [-0.25, -0.2) is 4.79 Å². The van der Waals surface area contributed by atoms with Gasteiger partial charge in [-0.15, -0.1) is 0 Å². The Morgan fingerprint density at radius 3 is 2.78 bits per heavy atom. The predicted molar refractivity (Wildman–Crippen MR) is 97.8 cm³/mol. The minimum atomic E-state index is -1.10. The predicted octanol–water partition coefficient (Wildman–Crippen LogP) is 3.79. The minimum Gasteiger partial charge on any atom is -0.479 e. The fourth-order valence-electron chi connectivity index (χ4n) is 1.86. The van der Waals surface area contributed by atoms with Gasteiger partial charge in [0.05, 0.1) is 14.4 Å². The van der Waals surface area contributed by atoms with Crippen molar-refractivity contribution in [2.24, 2.45) is 0 Å². The second-order valence-electron chi connectivity index (χ2n) is 4.42. The van der Waals surface area contributed by atoms with Crippen LogP contribution in [0.4, 0.5) is 0 Å². The molecule has 1 aliphatic rings. The molecule has 1 N–H and O–H groups in total. The maximum atomic E-state index is 12.2. The van der Waals surface area contributed by atoms with Gasteiger partial charge in [-0.3, -0.25) is 9.69 Å². The van der Waals surface area contributed by atoms with Crippen molar-refractivity contribution in [1.29, 1.82) is 0 Å². The van der Waals surface area contributed by atoms with Gasteiger partial charge in [-0.2, -0.15) is 0 Å². The zero-order valence-corrected chi connectivity index (χ0v) is 15.8. The number of rotatable bonds is 5. The quantitative estimate of drug-likeness (QED) is 0.559. The highest BCUT2D eigenvalue weighted by Crippen LogP contribution is 2.37. The average molecular weight is 437 g/mol. The van der Waals surface area contributed by atoms with Crippen molar-refractivity contribution in [3.8, 4) is 5.75 Å². The lowest BCUT2D eigenvalue weighted by molar-refractivity contribution is -0.139. The molecule has 1 fully saturated rings. The van der Waals surface area contributed by atoms with Crippen molar-refractivity contribution in [3.05, 3.63) is 32.1 Å². The van der Waals surface area contributed by atoms with Crippen LogP contribution < -0.4 is 4.74 Å². The number of hydrogen-bond donors (Lipinski definition) is 1. The van der Waals surface area contributed by atoms with Crippen LogP contribution in [0.1, 0.15) is 12.5 Å². The number of thioether (sulfide) groups is 1. The fraction of sp³-hybridized carbons (Fsp3) is 0.214. The maximum absolute atomic E-state index is 12.2. The van der Waals surface area contributed by atoms with Crippen LogP contribution >= 0.6 is 51.5 Å². The van der Waals surface area contributed by atoms with Crippen LogP contribution in [0.5, 0.6) is 5.75 Å². The molecule has 1 saturated heterocycles. The molecule has 1 aromatic carbocycles. The molecule has 0 radical (unpaired) electrons. The van der Waals surface area contributed by atoms with Gasteiger partial charge in [0.15, 0.2) is 12.4 Å². The van der Waals surface area contributed by atoms with Crippen molar-refractivity contribution < 1.29 is 19.4 Å². The Morgan fingerprint density at radius 2 is 2.26 bits per heavy atom. The van der Waals surface area contributed by atoms with Crippen molar-refractivity contribution >= 4 is 73.8 Å². The molecule has 5 nitrogen and oxygen atoms in total. The van der Waals surface area contributed by atoms with Crippen molar-refractivity contribution in [2.75, 3.05) is 13.2 Å². The summed E-state index contributed by atoms with van der Waals surface area (Å²) < 4.78 is 6.15. The molecule has 0 aliphatic carbocycles. The van der Waals surface area contributed by atoms with Crippen LogP contribution in [-0.4, -0.2) is 39.4 Å². The lowest BCUT2D eigenvalue weighted by Gasteiger charge is -2.10. The number of carboxylic acids is 1. The number of aliphatic carboxylic acids is 1. The van der Waals surface area contributed by atoms with E-state index in [9.17, 15) is 9.59 Å². The number of hydrogen-bond acceptors (Lipinski definition) is 5. The Morgan fingerprint density at radius 1 is 1.57 bits per heavy atom. The number of carboxylic acid groups (broad SMARTS) is 1. The van der Waals surface area contributed by atoms with Gasteiger partial charge in [0.2, 0.25) is 0 Å². The normalized spacial score (nSPS) is 16.3. The number of carbonyl (C=O) groups excluding carboxylic acids is 1. The summed E-state index contributed by atoms with van der Waals surface area (Å²) in [6.45, 7) is 1.89. The molecule has 0 atom stereocenters. The van der Waals surface area contributed by atoms with E-state index in [-0.39, 0.29) is 16.7 Å². The number of ether oxygens (including phenoxy) is 1. The first-order valence-electron chi connectivity index (χ1n) is 6.42. The third-order valence-electron chi connectivity index (χ3n) is 2.85. The standard InChI is InChI=1S/C14H11BrClNO4S2/c1-2-17-13(20)10(23-14(17)22)5-7-3-8(15)12(9(16)4-7)21-6-11(18)19/h3-5H,2,6H2,1H3,(H,18,19)/b10-5-. The molecule has 1 amide bonds. The van der Waals surface area contributed by atoms with Crippen LogP contribution in [0.3, 0.4) is 0 Å². The van der Waals surface area contributed by atoms with Gasteiger partial charge < -0.3 is 9.84 Å². The van der Waals surface area contributed by atoms with Crippen LogP contribution in [0.25, 0.3) is 6.08 Å². The Kier molecular flexibility index (Phi) is 6.07. The van der Waals surface area contributed by atoms with Gasteiger partial charge >= 0.3 is 5.97 Å². The van der Waals surface area contributed by atoms with E-state index in [1.54, 1.807) is 18.2 Å². The first-order chi connectivity index (χ1) is 10.8. The smallest absolute Gasteiger partial charge is 0.341 e. The highest BCUT2D eigenvalue weighted by Gasteiger charge is 2.30. The Hall–Kier alpha value is -1.09. The van der Waals surface area contributed by atoms with E-state index in [1.807, 2.05) is 6.92 Å². The first kappa shape index (κ1) is 18.3. The van der Waals surface area contributed by atoms with Crippen LogP contribution in [0.2, 0.25) is 5.02 Å². The Bertz CT molecular complexity index is 700. The number of carbonyl (C=O) groups is 2. The van der Waals surface area contributed by atoms with E-state index in [2.05, 4.69) is 15.9 Å². The minimum absolute atomic E-state index is 0.138. The van der Waals surface area contributed by atoms with Crippen molar-refractivity contribution in [3.63, 3.8) is 0 Å². The summed E-state index contributed by atoms with van der Waals surface area (Å²) in [4.78, 5) is 24.8. The number of amides is 1. The molecule has 9 heteroatoms. The van der Waals surface area contributed by atoms with Crippen LogP contribution in [0.15, 0.2) is 21.5 Å². The molecule has 122 valence electrons. The van der Waals surface area contributed by atoms with Crippen LogP contribution in [-0.2, 0) is 9.59 Å². The van der Waals surface area contributed by atoms with Gasteiger partial charge in [-0.05, 0) is 46.6 Å². The topological polar surface area (TPSA) is 66.8 Å². The lowest BCUT2D eigenvalue weighted by Crippen LogP contribution is -2.27. The monoisotopic (exact) mass is 435 g/mol. The highest BCUT2D eigenvalue weighted by atomic mass is 79.9. The average Bonchev–Trinajstić information content (AvgIpc) is 2.71. The number of thiocarbonyl (C=S) groups is 1. The molecule has 0 bridgehead atoms. The largest absolute Gasteiger partial charge is 0.479 e. The molecule has 0 spiro atoms. The fourth-order valence-corrected chi connectivity index (χ4v) is 4.23. The summed E-state index contributed by atoms with van der Waals surface area (Å²) in [5, 5.41) is 8.90. The molecule has 0 saturated carbocycles. The summed E-state index contributed by atoms with van der Waals surface area (Å²) in [5.74, 6) is -0.992. The van der Waals surface area contributed by atoms with Gasteiger partial charge in [0.25, 0.3) is 5.91 Å². The number of likely N-dealkylation sites (N-methyl/N-ethyl adjacent to an activating group) is 1.